The molecule has 0 radical (unpaired) electrons. The Bertz CT molecular complexity index is 151. The van der Waals surface area contributed by atoms with Crippen LogP contribution in [0.2, 0.25) is 0 Å². The highest BCUT2D eigenvalue weighted by Crippen LogP contribution is 2.34. The van der Waals surface area contributed by atoms with E-state index in [1.165, 1.54) is 12.8 Å². The summed E-state index contributed by atoms with van der Waals surface area (Å²) in [7, 11) is 0. The van der Waals surface area contributed by atoms with Crippen LogP contribution in [0.4, 0.5) is 13.2 Å². The molecule has 1 fully saturated rings. The highest BCUT2D eigenvalue weighted by Gasteiger charge is 2.30. The molecule has 1 atom stereocenters. The van der Waals surface area contributed by atoms with Gasteiger partial charge in [0.25, 0.3) is 0 Å². The van der Waals surface area contributed by atoms with Crippen molar-refractivity contribution in [1.29, 1.82) is 0 Å². The highest BCUT2D eigenvalue weighted by molar-refractivity contribution is 4.80. The van der Waals surface area contributed by atoms with Crippen LogP contribution in [0.25, 0.3) is 0 Å². The van der Waals surface area contributed by atoms with E-state index in [-0.39, 0.29) is 6.04 Å². The van der Waals surface area contributed by atoms with Crippen molar-refractivity contribution in [3.63, 3.8) is 0 Å². The first-order valence-electron chi connectivity index (χ1n) is 4.81. The van der Waals surface area contributed by atoms with Gasteiger partial charge in [-0.1, -0.05) is 19.8 Å². The normalized spacial score (nSPS) is 20.3. The molecule has 0 aromatic carbocycles. The molecule has 0 aromatic rings. The Balaban J connectivity index is 2.14. The Kier molecular flexibility index (Phi) is 3.59. The fourth-order valence-corrected chi connectivity index (χ4v) is 1.41. The van der Waals surface area contributed by atoms with Crippen molar-refractivity contribution in [3.05, 3.63) is 0 Å². The Morgan fingerprint density at radius 1 is 1.38 bits per heavy atom. The molecule has 0 saturated heterocycles. The van der Waals surface area contributed by atoms with Gasteiger partial charge in [0, 0.05) is 6.04 Å². The van der Waals surface area contributed by atoms with Crippen molar-refractivity contribution >= 4 is 0 Å². The Morgan fingerprint density at radius 3 is 2.38 bits per heavy atom. The second kappa shape index (κ2) is 4.31. The van der Waals surface area contributed by atoms with Crippen molar-refractivity contribution in [2.75, 3.05) is 6.54 Å². The van der Waals surface area contributed by atoms with Crippen LogP contribution in [0.5, 0.6) is 0 Å². The topological polar surface area (TPSA) is 12.0 Å². The zero-order valence-electron chi connectivity index (χ0n) is 7.82. The summed E-state index contributed by atoms with van der Waals surface area (Å²) in [6.45, 7) is 1.08. The third-order valence-electron chi connectivity index (χ3n) is 2.40. The number of nitrogens with one attached hydrogen (secondary N) is 1. The predicted molar refractivity (Wildman–Crippen MR) is 45.5 cm³/mol. The third kappa shape index (κ3) is 5.13. The van der Waals surface area contributed by atoms with Gasteiger partial charge in [-0.2, -0.15) is 13.2 Å². The van der Waals surface area contributed by atoms with Gasteiger partial charge in [-0.15, -0.1) is 0 Å². The molecule has 13 heavy (non-hydrogen) atoms. The fraction of sp³-hybridized carbons (Fsp3) is 1.00. The van der Waals surface area contributed by atoms with Crippen LogP contribution in [0.1, 0.15) is 32.6 Å². The van der Waals surface area contributed by atoms with Crippen LogP contribution in [0, 0.1) is 5.92 Å². The summed E-state index contributed by atoms with van der Waals surface area (Å²) in [6, 6.07) is 0.0501. The van der Waals surface area contributed by atoms with Gasteiger partial charge in [-0.25, -0.2) is 0 Å². The van der Waals surface area contributed by atoms with E-state index < -0.39 is 12.7 Å². The molecule has 1 unspecified atom stereocenters. The van der Waals surface area contributed by atoms with Crippen molar-refractivity contribution < 1.29 is 13.2 Å². The zero-order valence-corrected chi connectivity index (χ0v) is 7.82. The molecule has 0 spiro atoms. The van der Waals surface area contributed by atoms with Crippen molar-refractivity contribution in [2.24, 2.45) is 5.92 Å². The van der Waals surface area contributed by atoms with Crippen LogP contribution in [-0.2, 0) is 0 Å². The molecular formula is C9H16F3N. The van der Waals surface area contributed by atoms with Crippen molar-refractivity contribution in [3.8, 4) is 0 Å². The van der Waals surface area contributed by atoms with Gasteiger partial charge in [0.1, 0.15) is 0 Å². The first-order valence-corrected chi connectivity index (χ1v) is 4.81. The van der Waals surface area contributed by atoms with Crippen molar-refractivity contribution in [2.45, 2.75) is 44.8 Å². The molecule has 4 heteroatoms. The number of rotatable bonds is 5. The quantitative estimate of drug-likeness (QED) is 0.711. The minimum absolute atomic E-state index is 0.0501. The van der Waals surface area contributed by atoms with Crippen LogP contribution in [-0.4, -0.2) is 18.8 Å². The van der Waals surface area contributed by atoms with E-state index >= 15 is 0 Å². The smallest absolute Gasteiger partial charge is 0.306 e. The molecule has 1 saturated carbocycles. The summed E-state index contributed by atoms with van der Waals surface area (Å²) in [4.78, 5) is 0. The average molecular weight is 195 g/mol. The molecule has 1 nitrogen and oxygen atoms in total. The number of alkyl halides is 3. The maximum Gasteiger partial charge on any atom is 0.401 e. The van der Waals surface area contributed by atoms with Crippen LogP contribution in [0.15, 0.2) is 0 Å². The van der Waals surface area contributed by atoms with E-state index in [1.54, 1.807) is 0 Å². The van der Waals surface area contributed by atoms with E-state index in [9.17, 15) is 13.2 Å². The maximum absolute atomic E-state index is 11.8. The SMILES string of the molecule is CCC(CC1CC1)NCC(F)(F)F. The molecule has 1 aliphatic carbocycles. The van der Waals surface area contributed by atoms with Crippen LogP contribution in [0.3, 0.4) is 0 Å². The van der Waals surface area contributed by atoms with Gasteiger partial charge in [-0.3, -0.25) is 0 Å². The number of hydrogen-bond acceptors (Lipinski definition) is 1. The highest BCUT2D eigenvalue weighted by atomic mass is 19.4. The predicted octanol–water partition coefficient (Wildman–Crippen LogP) is 2.72. The molecular weight excluding hydrogens is 179 g/mol. The van der Waals surface area contributed by atoms with Gasteiger partial charge in [-0.05, 0) is 18.8 Å². The largest absolute Gasteiger partial charge is 0.401 e. The van der Waals surface area contributed by atoms with Gasteiger partial charge >= 0.3 is 6.18 Å². The second-order valence-electron chi connectivity index (χ2n) is 3.78. The summed E-state index contributed by atoms with van der Waals surface area (Å²) >= 11 is 0. The second-order valence-corrected chi connectivity index (χ2v) is 3.78. The number of hydrogen-bond donors (Lipinski definition) is 1. The Hall–Kier alpha value is -0.250. The minimum atomic E-state index is -4.07. The molecule has 1 N–H and O–H groups in total. The third-order valence-corrected chi connectivity index (χ3v) is 2.40. The lowest BCUT2D eigenvalue weighted by atomic mass is 10.1. The van der Waals surface area contributed by atoms with E-state index in [0.717, 1.165) is 12.8 Å². The summed E-state index contributed by atoms with van der Waals surface area (Å²) in [5.41, 5.74) is 0. The van der Waals surface area contributed by atoms with Gasteiger partial charge in [0.05, 0.1) is 6.54 Å². The van der Waals surface area contributed by atoms with Crippen LogP contribution >= 0.6 is 0 Å². The van der Waals surface area contributed by atoms with E-state index in [0.29, 0.717) is 5.92 Å². The molecule has 0 heterocycles. The van der Waals surface area contributed by atoms with Crippen LogP contribution < -0.4 is 5.32 Å². The fourth-order valence-electron chi connectivity index (χ4n) is 1.41. The average Bonchev–Trinajstić information content (AvgIpc) is 2.79. The maximum atomic E-state index is 11.8. The Labute approximate surface area is 76.7 Å². The van der Waals surface area contributed by atoms with Gasteiger partial charge < -0.3 is 5.32 Å². The van der Waals surface area contributed by atoms with E-state index in [2.05, 4.69) is 5.32 Å². The molecule has 1 rings (SSSR count). The first kappa shape index (κ1) is 10.8. The van der Waals surface area contributed by atoms with Gasteiger partial charge in [0.15, 0.2) is 0 Å². The minimum Gasteiger partial charge on any atom is -0.306 e. The lowest BCUT2D eigenvalue weighted by Gasteiger charge is -2.17. The molecule has 78 valence electrons. The van der Waals surface area contributed by atoms with E-state index in [1.807, 2.05) is 6.92 Å². The summed E-state index contributed by atoms with van der Waals surface area (Å²) < 4.78 is 35.5. The molecule has 0 bridgehead atoms. The molecule has 1 aliphatic rings. The molecule has 0 aromatic heterocycles. The monoisotopic (exact) mass is 195 g/mol. The number of halogens is 3. The lowest BCUT2D eigenvalue weighted by Crippen LogP contribution is -2.37. The van der Waals surface area contributed by atoms with E-state index in [4.69, 9.17) is 0 Å². The Morgan fingerprint density at radius 2 is 2.00 bits per heavy atom. The standard InChI is InChI=1S/C9H16F3N/c1-2-8(5-7-3-4-7)13-6-9(10,11)12/h7-8,13H,2-6H2,1H3. The summed E-state index contributed by atoms with van der Waals surface area (Å²) in [5, 5.41) is 2.56. The first-order chi connectivity index (χ1) is 6.01. The van der Waals surface area contributed by atoms with Crippen molar-refractivity contribution in [1.82, 2.24) is 5.32 Å². The summed E-state index contributed by atoms with van der Waals surface area (Å²) in [5.74, 6) is 0.686. The zero-order chi connectivity index (χ0) is 9.90. The lowest BCUT2D eigenvalue weighted by molar-refractivity contribution is -0.126. The molecule has 0 aliphatic heterocycles. The molecule has 0 amide bonds. The summed E-state index contributed by atoms with van der Waals surface area (Å²) in [6.07, 6.45) is 0.0184. The van der Waals surface area contributed by atoms with Gasteiger partial charge in [0.2, 0.25) is 0 Å².